The van der Waals surface area contributed by atoms with E-state index in [1.54, 1.807) is 6.07 Å². The summed E-state index contributed by atoms with van der Waals surface area (Å²) in [4.78, 5) is 13.2. The lowest BCUT2D eigenvalue weighted by molar-refractivity contribution is -0.122. The minimum absolute atomic E-state index is 0.217. The molecule has 0 radical (unpaired) electrons. The van der Waals surface area contributed by atoms with E-state index in [0.29, 0.717) is 25.1 Å². The molecule has 4 heteroatoms. The number of nitrogens with zero attached hydrogens (tertiary/aromatic N) is 1. The lowest BCUT2D eigenvalue weighted by Gasteiger charge is -2.25. The summed E-state index contributed by atoms with van der Waals surface area (Å²) in [5, 5.41) is 0. The van der Waals surface area contributed by atoms with Gasteiger partial charge in [0.05, 0.1) is 6.54 Å². The Morgan fingerprint density at radius 2 is 2.06 bits per heavy atom. The SMILES string of the molecule is O=C1CCCN(Cc2ccc(F)c(F)c2)C1. The number of likely N-dealkylation sites (tertiary alicyclic amines) is 1. The Morgan fingerprint density at radius 3 is 2.75 bits per heavy atom. The summed E-state index contributed by atoms with van der Waals surface area (Å²) in [5.41, 5.74) is 0.702. The van der Waals surface area contributed by atoms with Crippen molar-refractivity contribution in [1.82, 2.24) is 4.90 Å². The molecule has 0 bridgehead atoms. The van der Waals surface area contributed by atoms with Crippen molar-refractivity contribution in [3.63, 3.8) is 0 Å². The normalized spacial score (nSPS) is 17.8. The number of ketones is 1. The third-order valence-corrected chi connectivity index (χ3v) is 2.72. The van der Waals surface area contributed by atoms with Gasteiger partial charge in [0.2, 0.25) is 0 Å². The van der Waals surface area contributed by atoms with E-state index in [9.17, 15) is 13.6 Å². The highest BCUT2D eigenvalue weighted by atomic mass is 19.2. The van der Waals surface area contributed by atoms with E-state index >= 15 is 0 Å². The molecule has 0 atom stereocenters. The summed E-state index contributed by atoms with van der Waals surface area (Å²) < 4.78 is 25.6. The minimum atomic E-state index is -0.835. The molecule has 1 saturated heterocycles. The second-order valence-electron chi connectivity index (χ2n) is 4.10. The Morgan fingerprint density at radius 1 is 1.25 bits per heavy atom. The van der Waals surface area contributed by atoms with E-state index in [1.807, 2.05) is 4.90 Å². The molecule has 0 aromatic heterocycles. The van der Waals surface area contributed by atoms with Crippen molar-refractivity contribution in [2.45, 2.75) is 19.4 Å². The van der Waals surface area contributed by atoms with E-state index in [4.69, 9.17) is 0 Å². The summed E-state index contributed by atoms with van der Waals surface area (Å²) in [6.07, 6.45) is 1.48. The molecule has 16 heavy (non-hydrogen) atoms. The lowest BCUT2D eigenvalue weighted by Crippen LogP contribution is -2.34. The molecule has 0 N–H and O–H groups in total. The monoisotopic (exact) mass is 225 g/mol. The molecule has 1 heterocycles. The van der Waals surface area contributed by atoms with Crippen LogP contribution in [0, 0.1) is 11.6 Å². The van der Waals surface area contributed by atoms with E-state index in [2.05, 4.69) is 0 Å². The first kappa shape index (κ1) is 11.2. The van der Waals surface area contributed by atoms with Crippen LogP contribution in [-0.4, -0.2) is 23.8 Å². The van der Waals surface area contributed by atoms with Crippen LogP contribution in [0.1, 0.15) is 18.4 Å². The summed E-state index contributed by atoms with van der Waals surface area (Å²) in [6, 6.07) is 3.86. The van der Waals surface area contributed by atoms with Crippen molar-refractivity contribution in [3.8, 4) is 0 Å². The molecular formula is C12H13F2NO. The number of carbonyl (C=O) groups is 1. The number of piperidine rings is 1. The zero-order valence-electron chi connectivity index (χ0n) is 8.88. The van der Waals surface area contributed by atoms with E-state index in [-0.39, 0.29) is 5.78 Å². The van der Waals surface area contributed by atoms with Gasteiger partial charge in [-0.1, -0.05) is 6.07 Å². The number of hydrogen-bond acceptors (Lipinski definition) is 2. The molecule has 2 rings (SSSR count). The molecule has 1 aromatic rings. The predicted octanol–water partition coefficient (Wildman–Crippen LogP) is 2.13. The number of carbonyl (C=O) groups excluding carboxylic acids is 1. The predicted molar refractivity (Wildman–Crippen MR) is 55.9 cm³/mol. The number of benzene rings is 1. The van der Waals surface area contributed by atoms with Gasteiger partial charge >= 0.3 is 0 Å². The number of halogens is 2. The fraction of sp³-hybridized carbons (Fsp3) is 0.417. The average Bonchev–Trinajstić information content (AvgIpc) is 2.24. The molecule has 0 aliphatic carbocycles. The maximum absolute atomic E-state index is 12.9. The molecule has 1 fully saturated rings. The summed E-state index contributed by atoms with van der Waals surface area (Å²) in [5.74, 6) is -1.45. The Labute approximate surface area is 92.9 Å². The van der Waals surface area contributed by atoms with Crippen LogP contribution < -0.4 is 0 Å². The van der Waals surface area contributed by atoms with Crippen LogP contribution in [0.5, 0.6) is 0 Å². The zero-order valence-corrected chi connectivity index (χ0v) is 8.88. The molecular weight excluding hydrogens is 212 g/mol. The minimum Gasteiger partial charge on any atom is -0.298 e. The molecule has 1 aromatic carbocycles. The largest absolute Gasteiger partial charge is 0.298 e. The molecule has 0 saturated carbocycles. The number of hydrogen-bond donors (Lipinski definition) is 0. The standard InChI is InChI=1S/C12H13F2NO/c13-11-4-3-9(6-12(11)14)7-15-5-1-2-10(16)8-15/h3-4,6H,1-2,5,7-8H2. The third kappa shape index (κ3) is 2.64. The van der Waals surface area contributed by atoms with Crippen molar-refractivity contribution < 1.29 is 13.6 Å². The van der Waals surface area contributed by atoms with Crippen molar-refractivity contribution >= 4 is 5.78 Å². The smallest absolute Gasteiger partial charge is 0.159 e. The van der Waals surface area contributed by atoms with Crippen LogP contribution in [0.2, 0.25) is 0 Å². The van der Waals surface area contributed by atoms with Crippen molar-refractivity contribution in [1.29, 1.82) is 0 Å². The molecule has 0 spiro atoms. The van der Waals surface area contributed by atoms with E-state index in [0.717, 1.165) is 19.0 Å². The van der Waals surface area contributed by atoms with Crippen LogP contribution in [0.4, 0.5) is 8.78 Å². The lowest BCUT2D eigenvalue weighted by atomic mass is 10.1. The molecule has 1 aliphatic rings. The Bertz CT molecular complexity index is 406. The maximum Gasteiger partial charge on any atom is 0.159 e. The van der Waals surface area contributed by atoms with Crippen LogP contribution >= 0.6 is 0 Å². The summed E-state index contributed by atoms with van der Waals surface area (Å²) in [7, 11) is 0. The van der Waals surface area contributed by atoms with E-state index in [1.165, 1.54) is 6.07 Å². The van der Waals surface area contributed by atoms with Gasteiger partial charge in [-0.3, -0.25) is 9.69 Å². The first-order valence-corrected chi connectivity index (χ1v) is 5.33. The van der Waals surface area contributed by atoms with Crippen molar-refractivity contribution in [2.24, 2.45) is 0 Å². The Kier molecular flexibility index (Phi) is 3.29. The fourth-order valence-electron chi connectivity index (χ4n) is 1.94. The van der Waals surface area contributed by atoms with Gasteiger partial charge < -0.3 is 0 Å². The van der Waals surface area contributed by atoms with Crippen LogP contribution in [0.3, 0.4) is 0 Å². The maximum atomic E-state index is 12.9. The second-order valence-corrected chi connectivity index (χ2v) is 4.10. The topological polar surface area (TPSA) is 20.3 Å². The first-order chi connectivity index (χ1) is 7.65. The Hall–Kier alpha value is -1.29. The van der Waals surface area contributed by atoms with Gasteiger partial charge in [-0.2, -0.15) is 0 Å². The fourth-order valence-corrected chi connectivity index (χ4v) is 1.94. The molecule has 86 valence electrons. The van der Waals surface area contributed by atoms with Crippen molar-refractivity contribution in [2.75, 3.05) is 13.1 Å². The van der Waals surface area contributed by atoms with Crippen LogP contribution in [0.15, 0.2) is 18.2 Å². The average molecular weight is 225 g/mol. The highest BCUT2D eigenvalue weighted by Crippen LogP contribution is 2.13. The molecule has 0 amide bonds. The van der Waals surface area contributed by atoms with Crippen LogP contribution in [0.25, 0.3) is 0 Å². The third-order valence-electron chi connectivity index (χ3n) is 2.72. The van der Waals surface area contributed by atoms with Crippen molar-refractivity contribution in [3.05, 3.63) is 35.4 Å². The first-order valence-electron chi connectivity index (χ1n) is 5.33. The van der Waals surface area contributed by atoms with Gasteiger partial charge in [0.1, 0.15) is 5.78 Å². The molecule has 1 aliphatic heterocycles. The molecule has 0 unspecified atom stereocenters. The quantitative estimate of drug-likeness (QED) is 0.768. The van der Waals surface area contributed by atoms with Gasteiger partial charge in [0.15, 0.2) is 11.6 Å². The van der Waals surface area contributed by atoms with Gasteiger partial charge in [-0.05, 0) is 30.7 Å². The molecule has 2 nitrogen and oxygen atoms in total. The number of rotatable bonds is 2. The van der Waals surface area contributed by atoms with E-state index < -0.39 is 11.6 Å². The highest BCUT2D eigenvalue weighted by Gasteiger charge is 2.17. The van der Waals surface area contributed by atoms with Crippen LogP contribution in [-0.2, 0) is 11.3 Å². The summed E-state index contributed by atoms with van der Waals surface area (Å²) >= 11 is 0. The van der Waals surface area contributed by atoms with Gasteiger partial charge in [0.25, 0.3) is 0 Å². The highest BCUT2D eigenvalue weighted by molar-refractivity contribution is 5.81. The van der Waals surface area contributed by atoms with Gasteiger partial charge in [0, 0.05) is 13.0 Å². The number of Topliss-reactive ketones (excluding diaryl/α,β-unsaturated/α-hetero) is 1. The second kappa shape index (κ2) is 4.70. The van der Waals surface area contributed by atoms with Gasteiger partial charge in [-0.15, -0.1) is 0 Å². The Balaban J connectivity index is 2.03. The summed E-state index contributed by atoms with van der Waals surface area (Å²) in [6.45, 7) is 1.76. The zero-order chi connectivity index (χ0) is 11.5. The van der Waals surface area contributed by atoms with Gasteiger partial charge in [-0.25, -0.2) is 8.78 Å².